The highest BCUT2D eigenvalue weighted by atomic mass is 16.5. The molecule has 0 saturated carbocycles. The van der Waals surface area contributed by atoms with Gasteiger partial charge in [-0.25, -0.2) is 0 Å². The Bertz CT molecular complexity index is 858. The van der Waals surface area contributed by atoms with Crippen molar-refractivity contribution >= 4 is 23.4 Å². The van der Waals surface area contributed by atoms with E-state index in [-0.39, 0.29) is 18.1 Å². The standard InChI is InChI=1S/C18H16N2O4/c1-10-3-5-13(7-11(10)2)24-9-16(21)19-12-4-6-14-15(8-12)18(23)20-17(14)22/h3-8H,9H2,1-2H3,(H,19,21)(H,20,22,23). The Balaban J connectivity index is 1.63. The summed E-state index contributed by atoms with van der Waals surface area (Å²) >= 11 is 0. The van der Waals surface area contributed by atoms with Gasteiger partial charge in [0.1, 0.15) is 5.75 Å². The number of hydrogen-bond donors (Lipinski definition) is 2. The van der Waals surface area contributed by atoms with E-state index >= 15 is 0 Å². The fourth-order valence-corrected chi connectivity index (χ4v) is 2.40. The maximum Gasteiger partial charge on any atom is 0.262 e. The lowest BCUT2D eigenvalue weighted by Gasteiger charge is -2.09. The first-order valence-corrected chi connectivity index (χ1v) is 7.43. The molecule has 6 heteroatoms. The van der Waals surface area contributed by atoms with Crippen LogP contribution in [0, 0.1) is 13.8 Å². The van der Waals surface area contributed by atoms with Crippen molar-refractivity contribution in [3.8, 4) is 5.75 Å². The van der Waals surface area contributed by atoms with Crippen LogP contribution in [0.1, 0.15) is 31.8 Å². The fourth-order valence-electron chi connectivity index (χ4n) is 2.40. The highest BCUT2D eigenvalue weighted by molar-refractivity contribution is 6.22. The molecule has 0 unspecified atom stereocenters. The average Bonchev–Trinajstić information content (AvgIpc) is 2.83. The number of hydrogen-bond acceptors (Lipinski definition) is 4. The van der Waals surface area contributed by atoms with Gasteiger partial charge in [0.2, 0.25) is 0 Å². The number of amides is 3. The van der Waals surface area contributed by atoms with Crippen LogP contribution in [-0.4, -0.2) is 24.3 Å². The van der Waals surface area contributed by atoms with Crippen molar-refractivity contribution in [2.45, 2.75) is 13.8 Å². The number of imide groups is 1. The Morgan fingerprint density at radius 1 is 1.00 bits per heavy atom. The second kappa shape index (κ2) is 6.16. The second-order valence-corrected chi connectivity index (χ2v) is 5.63. The molecule has 1 heterocycles. The molecule has 6 nitrogen and oxygen atoms in total. The fraction of sp³-hybridized carbons (Fsp3) is 0.167. The van der Waals surface area contributed by atoms with Gasteiger partial charge < -0.3 is 10.1 Å². The molecule has 0 saturated heterocycles. The molecular formula is C18H16N2O4. The topological polar surface area (TPSA) is 84.5 Å². The molecule has 122 valence electrons. The zero-order valence-electron chi connectivity index (χ0n) is 13.3. The minimum Gasteiger partial charge on any atom is -0.484 e. The summed E-state index contributed by atoms with van der Waals surface area (Å²) in [6.45, 7) is 3.82. The Labute approximate surface area is 138 Å². The smallest absolute Gasteiger partial charge is 0.262 e. The van der Waals surface area contributed by atoms with Gasteiger partial charge in [-0.2, -0.15) is 0 Å². The molecule has 3 amide bonds. The largest absolute Gasteiger partial charge is 0.484 e. The van der Waals surface area contributed by atoms with E-state index in [1.165, 1.54) is 12.1 Å². The maximum atomic E-state index is 12.0. The molecule has 1 aliphatic rings. The van der Waals surface area contributed by atoms with Gasteiger partial charge in [0.15, 0.2) is 6.61 Å². The maximum absolute atomic E-state index is 12.0. The van der Waals surface area contributed by atoms with Gasteiger partial charge in [0, 0.05) is 5.69 Å². The van der Waals surface area contributed by atoms with Crippen molar-refractivity contribution in [3.63, 3.8) is 0 Å². The predicted octanol–water partition coefficient (Wildman–Crippen LogP) is 2.20. The summed E-state index contributed by atoms with van der Waals surface area (Å²) in [5.41, 5.74) is 3.24. The van der Waals surface area contributed by atoms with Crippen molar-refractivity contribution in [1.82, 2.24) is 5.32 Å². The lowest BCUT2D eigenvalue weighted by molar-refractivity contribution is -0.118. The van der Waals surface area contributed by atoms with E-state index in [0.717, 1.165) is 11.1 Å². The molecule has 0 bridgehead atoms. The Hall–Kier alpha value is -3.15. The van der Waals surface area contributed by atoms with Crippen molar-refractivity contribution in [1.29, 1.82) is 0 Å². The summed E-state index contributed by atoms with van der Waals surface area (Å²) in [6.07, 6.45) is 0. The number of ether oxygens (including phenoxy) is 1. The summed E-state index contributed by atoms with van der Waals surface area (Å²) in [5, 5.41) is 4.85. The van der Waals surface area contributed by atoms with Gasteiger partial charge in [-0.15, -0.1) is 0 Å². The molecule has 3 rings (SSSR count). The van der Waals surface area contributed by atoms with Crippen LogP contribution in [0.4, 0.5) is 5.69 Å². The number of carbonyl (C=O) groups excluding carboxylic acids is 3. The highest BCUT2D eigenvalue weighted by Gasteiger charge is 2.26. The van der Waals surface area contributed by atoms with E-state index in [1.807, 2.05) is 26.0 Å². The summed E-state index contributed by atoms with van der Waals surface area (Å²) in [4.78, 5) is 35.1. The van der Waals surface area contributed by atoms with Gasteiger partial charge in [0.25, 0.3) is 17.7 Å². The zero-order chi connectivity index (χ0) is 17.3. The number of benzene rings is 2. The van der Waals surface area contributed by atoms with Crippen molar-refractivity contribution in [2.24, 2.45) is 0 Å². The molecule has 0 spiro atoms. The first kappa shape index (κ1) is 15.7. The van der Waals surface area contributed by atoms with Gasteiger partial charge in [-0.3, -0.25) is 19.7 Å². The number of carbonyl (C=O) groups is 3. The molecule has 2 N–H and O–H groups in total. The molecule has 2 aromatic carbocycles. The number of rotatable bonds is 4. The van der Waals surface area contributed by atoms with E-state index in [1.54, 1.807) is 12.1 Å². The highest BCUT2D eigenvalue weighted by Crippen LogP contribution is 2.20. The van der Waals surface area contributed by atoms with Crippen LogP contribution in [0.3, 0.4) is 0 Å². The molecule has 0 atom stereocenters. The van der Waals surface area contributed by atoms with Crippen LogP contribution in [0.2, 0.25) is 0 Å². The molecular weight excluding hydrogens is 308 g/mol. The minimum atomic E-state index is -0.461. The first-order chi connectivity index (χ1) is 11.4. The van der Waals surface area contributed by atoms with Gasteiger partial charge >= 0.3 is 0 Å². The Morgan fingerprint density at radius 2 is 1.75 bits per heavy atom. The molecule has 0 aliphatic carbocycles. The van der Waals surface area contributed by atoms with Crippen LogP contribution in [0.25, 0.3) is 0 Å². The Kier molecular flexibility index (Phi) is 4.04. The van der Waals surface area contributed by atoms with Crippen LogP contribution in [0.15, 0.2) is 36.4 Å². The molecule has 0 radical (unpaired) electrons. The number of nitrogens with one attached hydrogen (secondary N) is 2. The average molecular weight is 324 g/mol. The van der Waals surface area contributed by atoms with E-state index < -0.39 is 11.8 Å². The van der Waals surface area contributed by atoms with E-state index in [2.05, 4.69) is 10.6 Å². The molecule has 0 fully saturated rings. The monoisotopic (exact) mass is 324 g/mol. The SMILES string of the molecule is Cc1ccc(OCC(=O)Nc2ccc3c(c2)C(=O)NC3=O)cc1C. The Morgan fingerprint density at radius 3 is 2.50 bits per heavy atom. The third-order valence-corrected chi connectivity index (χ3v) is 3.87. The minimum absolute atomic E-state index is 0.148. The first-order valence-electron chi connectivity index (χ1n) is 7.43. The third-order valence-electron chi connectivity index (χ3n) is 3.87. The lowest BCUT2D eigenvalue weighted by Crippen LogP contribution is -2.20. The van der Waals surface area contributed by atoms with Gasteiger partial charge in [0.05, 0.1) is 11.1 Å². The van der Waals surface area contributed by atoms with Crippen LogP contribution < -0.4 is 15.4 Å². The number of fused-ring (bicyclic) bond motifs is 1. The van der Waals surface area contributed by atoms with Gasteiger partial charge in [-0.05, 0) is 55.3 Å². The second-order valence-electron chi connectivity index (χ2n) is 5.63. The summed E-state index contributed by atoms with van der Waals surface area (Å²) in [5.74, 6) is -0.617. The van der Waals surface area contributed by atoms with Crippen LogP contribution in [0.5, 0.6) is 5.75 Å². The van der Waals surface area contributed by atoms with Crippen molar-refractivity contribution < 1.29 is 19.1 Å². The van der Waals surface area contributed by atoms with E-state index in [4.69, 9.17) is 4.74 Å². The number of aryl methyl sites for hydroxylation is 2. The molecule has 2 aromatic rings. The normalized spacial score (nSPS) is 12.6. The molecule has 24 heavy (non-hydrogen) atoms. The van der Waals surface area contributed by atoms with E-state index in [0.29, 0.717) is 17.0 Å². The van der Waals surface area contributed by atoms with Crippen LogP contribution in [-0.2, 0) is 4.79 Å². The summed E-state index contributed by atoms with van der Waals surface area (Å²) in [7, 11) is 0. The summed E-state index contributed by atoms with van der Waals surface area (Å²) < 4.78 is 5.46. The zero-order valence-corrected chi connectivity index (χ0v) is 13.3. The molecule has 0 aromatic heterocycles. The van der Waals surface area contributed by atoms with Crippen LogP contribution >= 0.6 is 0 Å². The van der Waals surface area contributed by atoms with Crippen molar-refractivity contribution in [3.05, 3.63) is 58.7 Å². The van der Waals surface area contributed by atoms with Crippen molar-refractivity contribution in [2.75, 3.05) is 11.9 Å². The van der Waals surface area contributed by atoms with E-state index in [9.17, 15) is 14.4 Å². The van der Waals surface area contributed by atoms with Gasteiger partial charge in [-0.1, -0.05) is 6.07 Å². The number of anilines is 1. The summed E-state index contributed by atoms with van der Waals surface area (Å²) in [6, 6.07) is 10.2. The quantitative estimate of drug-likeness (QED) is 0.845. The predicted molar refractivity (Wildman–Crippen MR) is 88.3 cm³/mol. The third kappa shape index (κ3) is 3.12. The lowest BCUT2D eigenvalue weighted by atomic mass is 10.1. The molecule has 1 aliphatic heterocycles.